The molecule has 0 unspecified atom stereocenters. The average molecular weight is 113 g/mol. The second kappa shape index (κ2) is 1.65. The number of aromatic nitrogens is 1. The Morgan fingerprint density at radius 2 is 2.75 bits per heavy atom. The van der Waals surface area contributed by atoms with Crippen molar-refractivity contribution in [2.75, 3.05) is 0 Å². The highest BCUT2D eigenvalue weighted by atomic mass is 16.6. The van der Waals surface area contributed by atoms with Gasteiger partial charge in [-0.15, -0.1) is 0 Å². The number of hydrogen-bond acceptors (Lipinski definition) is 2. The Kier molecular flexibility index (Phi) is 0.754. The van der Waals surface area contributed by atoms with Gasteiger partial charge < -0.3 is 10.1 Å². The van der Waals surface area contributed by atoms with Gasteiger partial charge in [-0.3, -0.25) is 0 Å². The van der Waals surface area contributed by atoms with E-state index in [4.69, 9.17) is 1.37 Å². The van der Waals surface area contributed by atoms with E-state index in [1.165, 1.54) is 12.3 Å². The van der Waals surface area contributed by atoms with E-state index in [0.717, 1.165) is 0 Å². The molecule has 42 valence electrons. The number of aromatic amines is 1. The number of hydrogen-bond donors (Lipinski definition) is 1. The molecule has 0 bridgehead atoms. The quantitative estimate of drug-likeness (QED) is 0.435. The first-order chi connectivity index (χ1) is 4.22. The number of rotatable bonds is 1. The summed E-state index contributed by atoms with van der Waals surface area (Å²) >= 11 is 0. The molecular weight excluding hydrogens is 108 g/mol. The van der Waals surface area contributed by atoms with Crippen LogP contribution in [-0.2, 0) is 0 Å². The first-order valence-electron chi connectivity index (χ1n) is 2.50. The molecule has 1 aromatic heterocycles. The maximum atomic E-state index is 9.94. The SMILES string of the molecule is [2H]c1cc[nH]c1[N+](=O)[O-]. The molecule has 0 aliphatic rings. The van der Waals surface area contributed by atoms with Gasteiger partial charge in [0, 0.05) is 6.04 Å². The predicted molar refractivity (Wildman–Crippen MR) is 27.4 cm³/mol. The van der Waals surface area contributed by atoms with E-state index in [1.807, 2.05) is 0 Å². The van der Waals surface area contributed by atoms with E-state index in [2.05, 4.69) is 4.98 Å². The molecule has 4 heteroatoms. The minimum atomic E-state index is -0.623. The van der Waals surface area contributed by atoms with Gasteiger partial charge in [-0.1, -0.05) is 0 Å². The summed E-state index contributed by atoms with van der Waals surface area (Å²) in [5.41, 5.74) is 0. The van der Waals surface area contributed by atoms with Crippen molar-refractivity contribution in [1.29, 1.82) is 0 Å². The molecule has 0 saturated carbocycles. The molecule has 8 heavy (non-hydrogen) atoms. The van der Waals surface area contributed by atoms with Crippen LogP contribution in [-0.4, -0.2) is 9.91 Å². The van der Waals surface area contributed by atoms with Crippen molar-refractivity contribution < 1.29 is 6.29 Å². The van der Waals surface area contributed by atoms with E-state index in [1.54, 1.807) is 0 Å². The van der Waals surface area contributed by atoms with Gasteiger partial charge in [0.2, 0.25) is 0 Å². The molecular formula is C4H4N2O2. The van der Waals surface area contributed by atoms with Gasteiger partial charge >= 0.3 is 5.82 Å². The Morgan fingerprint density at radius 1 is 2.00 bits per heavy atom. The first-order valence-corrected chi connectivity index (χ1v) is 2.00. The molecule has 4 nitrogen and oxygen atoms in total. The third-order valence-electron chi connectivity index (χ3n) is 0.706. The summed E-state index contributed by atoms with van der Waals surface area (Å²) in [6.07, 6.45) is 1.36. The summed E-state index contributed by atoms with van der Waals surface area (Å²) in [5, 5.41) is 9.94. The Labute approximate surface area is 46.7 Å². The first kappa shape index (κ1) is 3.65. The predicted octanol–water partition coefficient (Wildman–Crippen LogP) is 0.923. The molecule has 1 N–H and O–H groups in total. The molecule has 0 aliphatic heterocycles. The topological polar surface area (TPSA) is 58.9 Å². The van der Waals surface area contributed by atoms with Gasteiger partial charge in [-0.25, -0.2) is 4.98 Å². The summed E-state index contributed by atoms with van der Waals surface area (Å²) in [6.45, 7) is 0. The molecule has 0 radical (unpaired) electrons. The van der Waals surface area contributed by atoms with Crippen LogP contribution < -0.4 is 0 Å². The highest BCUT2D eigenvalue weighted by Gasteiger charge is 1.97. The van der Waals surface area contributed by atoms with Gasteiger partial charge in [0.1, 0.15) is 0 Å². The minimum Gasteiger partial charge on any atom is -0.358 e. The minimum absolute atomic E-state index is 0.0833. The Balaban J connectivity index is 3.08. The fourth-order valence-electron chi connectivity index (χ4n) is 0.388. The lowest BCUT2D eigenvalue weighted by molar-refractivity contribution is -0.389. The number of nitrogens with one attached hydrogen (secondary N) is 1. The highest BCUT2D eigenvalue weighted by molar-refractivity contribution is 5.17. The monoisotopic (exact) mass is 113 g/mol. The average Bonchev–Trinajstić information content (AvgIpc) is 2.13. The van der Waals surface area contributed by atoms with Crippen LogP contribution in [0.5, 0.6) is 0 Å². The van der Waals surface area contributed by atoms with Crippen molar-refractivity contribution >= 4 is 5.82 Å². The van der Waals surface area contributed by atoms with E-state index in [9.17, 15) is 10.1 Å². The van der Waals surface area contributed by atoms with Gasteiger partial charge in [-0.05, 0) is 11.0 Å². The molecule has 0 aliphatic carbocycles. The molecule has 0 amide bonds. The van der Waals surface area contributed by atoms with Crippen LogP contribution in [0.3, 0.4) is 0 Å². The van der Waals surface area contributed by atoms with Crippen molar-refractivity contribution in [3.63, 3.8) is 0 Å². The molecule has 1 rings (SSSR count). The van der Waals surface area contributed by atoms with Crippen molar-refractivity contribution in [2.24, 2.45) is 0 Å². The zero-order valence-electron chi connectivity index (χ0n) is 4.92. The summed E-state index contributed by atoms with van der Waals surface area (Å²) in [5.74, 6) is -0.255. The van der Waals surface area contributed by atoms with Crippen LogP contribution in [0.25, 0.3) is 0 Å². The number of H-pyrrole nitrogens is 1. The highest BCUT2D eigenvalue weighted by Crippen LogP contribution is 2.02. The van der Waals surface area contributed by atoms with E-state index in [0.29, 0.717) is 0 Å². The summed E-state index contributed by atoms with van der Waals surface area (Å²) in [4.78, 5) is 11.6. The summed E-state index contributed by atoms with van der Waals surface area (Å²) < 4.78 is 6.91. The second-order valence-electron chi connectivity index (χ2n) is 1.23. The van der Waals surface area contributed by atoms with Crippen LogP contribution in [0, 0.1) is 10.1 Å². The molecule has 1 aromatic rings. The van der Waals surface area contributed by atoms with Crippen LogP contribution in [0.2, 0.25) is 0 Å². The molecule has 0 aromatic carbocycles. The van der Waals surface area contributed by atoms with Crippen molar-refractivity contribution in [3.05, 3.63) is 28.4 Å². The second-order valence-corrected chi connectivity index (χ2v) is 1.23. The summed E-state index contributed by atoms with van der Waals surface area (Å²) in [6, 6.07) is 1.25. The Morgan fingerprint density at radius 3 is 3.00 bits per heavy atom. The van der Waals surface area contributed by atoms with Gasteiger partial charge in [0.25, 0.3) is 0 Å². The van der Waals surface area contributed by atoms with Crippen LogP contribution >= 0.6 is 0 Å². The lowest BCUT2D eigenvalue weighted by Crippen LogP contribution is -1.85. The van der Waals surface area contributed by atoms with Crippen molar-refractivity contribution in [1.82, 2.24) is 4.98 Å². The van der Waals surface area contributed by atoms with Crippen LogP contribution in [0.1, 0.15) is 1.37 Å². The third-order valence-corrected chi connectivity index (χ3v) is 0.706. The standard InChI is InChI=1S/C4H4N2O2/c7-6(8)4-2-1-3-5-4/h1-3,5H/i2D. The maximum absolute atomic E-state index is 9.94. The van der Waals surface area contributed by atoms with Crippen molar-refractivity contribution in [2.45, 2.75) is 0 Å². The van der Waals surface area contributed by atoms with Crippen LogP contribution in [0.4, 0.5) is 5.82 Å². The molecule has 0 spiro atoms. The maximum Gasteiger partial charge on any atom is 0.320 e. The lowest BCUT2D eigenvalue weighted by Gasteiger charge is -1.84. The van der Waals surface area contributed by atoms with E-state index in [-0.39, 0.29) is 11.9 Å². The molecule has 0 atom stereocenters. The Hall–Kier alpha value is -1.32. The number of nitrogens with zero attached hydrogens (tertiary/aromatic N) is 1. The zero-order valence-corrected chi connectivity index (χ0v) is 3.92. The smallest absolute Gasteiger partial charge is 0.320 e. The molecule has 0 fully saturated rings. The normalized spacial score (nSPS) is 10.8. The largest absolute Gasteiger partial charge is 0.358 e. The third kappa shape index (κ3) is 0.676. The lowest BCUT2D eigenvalue weighted by atomic mass is 10.6. The van der Waals surface area contributed by atoms with Gasteiger partial charge in [0.05, 0.1) is 7.57 Å². The van der Waals surface area contributed by atoms with E-state index < -0.39 is 4.92 Å². The fraction of sp³-hybridized carbons (Fsp3) is 0. The Bertz CT molecular complexity index is 232. The zero-order chi connectivity index (χ0) is 6.85. The van der Waals surface area contributed by atoms with Gasteiger partial charge in [-0.2, -0.15) is 0 Å². The van der Waals surface area contributed by atoms with Crippen molar-refractivity contribution in [3.8, 4) is 0 Å². The molecule has 0 saturated heterocycles. The van der Waals surface area contributed by atoms with Gasteiger partial charge in [0.15, 0.2) is 0 Å². The molecule has 1 heterocycles. The number of nitro groups is 1. The van der Waals surface area contributed by atoms with E-state index >= 15 is 0 Å². The van der Waals surface area contributed by atoms with Crippen LogP contribution in [0.15, 0.2) is 18.3 Å². The summed E-state index contributed by atoms with van der Waals surface area (Å²) in [7, 11) is 0. The fourth-order valence-corrected chi connectivity index (χ4v) is 0.388.